The lowest BCUT2D eigenvalue weighted by Gasteiger charge is -2.06. The summed E-state index contributed by atoms with van der Waals surface area (Å²) in [6, 6.07) is 4.33. The average Bonchev–Trinajstić information content (AvgIpc) is 3.18. The third-order valence-electron chi connectivity index (χ3n) is 4.48. The van der Waals surface area contributed by atoms with Gasteiger partial charge in [-0.15, -0.1) is 9.78 Å². The fourth-order valence-corrected chi connectivity index (χ4v) is 2.96. The fourth-order valence-electron chi connectivity index (χ4n) is 2.96. The van der Waals surface area contributed by atoms with E-state index in [2.05, 4.69) is 68.8 Å². The van der Waals surface area contributed by atoms with E-state index >= 15 is 0 Å². The molecule has 122 valence electrons. The van der Waals surface area contributed by atoms with Crippen LogP contribution in [0.5, 0.6) is 0 Å². The first-order valence-corrected chi connectivity index (χ1v) is 8.27. The monoisotopic (exact) mass is 321 g/mol. The second-order valence-corrected chi connectivity index (χ2v) is 6.70. The molecule has 0 aromatic carbocycles. The summed E-state index contributed by atoms with van der Waals surface area (Å²) in [5.74, 6) is 0.809. The molecule has 6 nitrogen and oxygen atoms in total. The van der Waals surface area contributed by atoms with Crippen LogP contribution in [0.15, 0.2) is 37.1 Å². The van der Waals surface area contributed by atoms with E-state index in [0.717, 1.165) is 28.7 Å². The molecule has 0 aliphatic heterocycles. The molecule has 4 aromatic heterocycles. The molecule has 24 heavy (non-hydrogen) atoms. The molecule has 0 spiro atoms. The zero-order valence-corrected chi connectivity index (χ0v) is 14.1. The molecule has 2 N–H and O–H groups in total. The molecular weight excluding hydrogens is 300 g/mol. The van der Waals surface area contributed by atoms with Crippen molar-refractivity contribution < 1.29 is 4.68 Å². The molecule has 0 radical (unpaired) electrons. The highest BCUT2D eigenvalue weighted by molar-refractivity contribution is 5.73. The summed E-state index contributed by atoms with van der Waals surface area (Å²) in [6.45, 7) is 7.41. The minimum Gasteiger partial charge on any atom is -0.343 e. The number of H-pyrrole nitrogens is 2. The van der Waals surface area contributed by atoms with E-state index in [-0.39, 0.29) is 0 Å². The van der Waals surface area contributed by atoms with Crippen molar-refractivity contribution in [1.29, 1.82) is 0 Å². The van der Waals surface area contributed by atoms with Crippen molar-refractivity contribution in [3.8, 4) is 0 Å². The van der Waals surface area contributed by atoms with Gasteiger partial charge in [-0.2, -0.15) is 0 Å². The number of nitrogens with one attached hydrogen (secondary N) is 2. The van der Waals surface area contributed by atoms with Crippen molar-refractivity contribution in [3.05, 3.63) is 48.2 Å². The molecule has 4 aromatic rings. The highest BCUT2D eigenvalue weighted by Gasteiger charge is 2.17. The minimum absolute atomic E-state index is 0.327. The summed E-state index contributed by atoms with van der Waals surface area (Å²) in [7, 11) is 0. The van der Waals surface area contributed by atoms with E-state index in [1.807, 2.05) is 12.4 Å². The van der Waals surface area contributed by atoms with Crippen molar-refractivity contribution >= 4 is 22.2 Å². The van der Waals surface area contributed by atoms with Crippen molar-refractivity contribution in [3.63, 3.8) is 0 Å². The third-order valence-corrected chi connectivity index (χ3v) is 4.48. The average molecular weight is 321 g/mol. The number of aromatic nitrogens is 6. The van der Waals surface area contributed by atoms with E-state index in [9.17, 15) is 0 Å². The van der Waals surface area contributed by atoms with Crippen LogP contribution < -0.4 is 4.68 Å². The molecule has 0 bridgehead atoms. The Labute approximate surface area is 140 Å². The molecular formula is C18H21N6+. The highest BCUT2D eigenvalue weighted by atomic mass is 15.3. The Kier molecular flexibility index (Phi) is 3.52. The number of fused-ring (bicyclic) bond motifs is 2. The van der Waals surface area contributed by atoms with Crippen LogP contribution in [0.3, 0.4) is 0 Å². The summed E-state index contributed by atoms with van der Waals surface area (Å²) in [6.07, 6.45) is 7.67. The van der Waals surface area contributed by atoms with Gasteiger partial charge in [0.1, 0.15) is 0 Å². The van der Waals surface area contributed by atoms with Crippen LogP contribution in [-0.2, 0) is 6.54 Å². The molecule has 0 amide bonds. The van der Waals surface area contributed by atoms with Crippen molar-refractivity contribution in [1.82, 2.24) is 25.0 Å². The van der Waals surface area contributed by atoms with E-state index < -0.39 is 0 Å². The zero-order valence-electron chi connectivity index (χ0n) is 14.1. The molecule has 0 aliphatic rings. The number of imidazole rings is 1. The molecule has 4 heterocycles. The summed E-state index contributed by atoms with van der Waals surface area (Å²) in [5.41, 5.74) is 5.11. The normalized spacial score (nSPS) is 13.2. The van der Waals surface area contributed by atoms with Gasteiger partial charge in [0.2, 0.25) is 6.20 Å². The topological polar surface area (TPSA) is 74.1 Å². The molecule has 1 unspecified atom stereocenters. The second kappa shape index (κ2) is 5.70. The third kappa shape index (κ3) is 2.64. The van der Waals surface area contributed by atoms with E-state index in [1.54, 1.807) is 6.33 Å². The maximum Gasteiger partial charge on any atom is 0.205 e. The first-order valence-electron chi connectivity index (χ1n) is 8.27. The SMILES string of the molecule is CC(C)c1cnc2[nH][n+](CC(C)c3cnc4nc[nH]c4c3)cc2c1. The second-order valence-electron chi connectivity index (χ2n) is 6.70. The summed E-state index contributed by atoms with van der Waals surface area (Å²) < 4.78 is 2.10. The summed E-state index contributed by atoms with van der Waals surface area (Å²) in [4.78, 5) is 16.2. The molecule has 6 heteroatoms. The van der Waals surface area contributed by atoms with Crippen molar-refractivity contribution in [2.75, 3.05) is 0 Å². The molecule has 1 atom stereocenters. The largest absolute Gasteiger partial charge is 0.343 e. The van der Waals surface area contributed by atoms with Crippen molar-refractivity contribution in [2.45, 2.75) is 39.2 Å². The number of pyridine rings is 2. The van der Waals surface area contributed by atoms with Crippen LogP contribution in [0, 0.1) is 0 Å². The minimum atomic E-state index is 0.327. The predicted molar refractivity (Wildman–Crippen MR) is 92.7 cm³/mol. The maximum atomic E-state index is 4.54. The van der Waals surface area contributed by atoms with Gasteiger partial charge in [-0.3, -0.25) is 0 Å². The Bertz CT molecular complexity index is 997. The van der Waals surface area contributed by atoms with Gasteiger partial charge in [0.25, 0.3) is 0 Å². The van der Waals surface area contributed by atoms with Crippen LogP contribution >= 0.6 is 0 Å². The standard InChI is InChI=1S/C18H20N6/c1-11(2)13-4-15-9-24(23-17(15)19-6-13)8-12(3)14-5-16-18(20-7-14)22-10-21-16/h4-7,9-12H,8H2,1-3H3,(H,20,21,22)/p+1. The number of rotatable bonds is 4. The quantitative estimate of drug-likeness (QED) is 0.567. The lowest BCUT2D eigenvalue weighted by atomic mass is 10.0. The van der Waals surface area contributed by atoms with E-state index in [1.165, 1.54) is 11.1 Å². The first-order chi connectivity index (χ1) is 11.6. The van der Waals surface area contributed by atoms with Gasteiger partial charge in [-0.1, -0.05) is 20.8 Å². The van der Waals surface area contributed by atoms with E-state index in [4.69, 9.17) is 0 Å². The van der Waals surface area contributed by atoms with Gasteiger partial charge in [0.05, 0.1) is 17.2 Å². The smallest absolute Gasteiger partial charge is 0.205 e. The van der Waals surface area contributed by atoms with Gasteiger partial charge in [-0.25, -0.2) is 15.0 Å². The lowest BCUT2D eigenvalue weighted by molar-refractivity contribution is -0.750. The highest BCUT2D eigenvalue weighted by Crippen LogP contribution is 2.19. The Morgan fingerprint density at radius 2 is 1.88 bits per heavy atom. The molecule has 0 fully saturated rings. The van der Waals surface area contributed by atoms with Crippen molar-refractivity contribution in [2.24, 2.45) is 0 Å². The zero-order chi connectivity index (χ0) is 16.7. The molecule has 0 saturated carbocycles. The predicted octanol–water partition coefficient (Wildman–Crippen LogP) is 3.05. The Morgan fingerprint density at radius 3 is 2.71 bits per heavy atom. The Balaban J connectivity index is 1.60. The van der Waals surface area contributed by atoms with Crippen LogP contribution in [0.25, 0.3) is 22.2 Å². The lowest BCUT2D eigenvalue weighted by Crippen LogP contribution is -2.37. The fraction of sp³-hybridized carbons (Fsp3) is 0.333. The van der Waals surface area contributed by atoms with Gasteiger partial charge >= 0.3 is 0 Å². The number of nitrogens with zero attached hydrogens (tertiary/aromatic N) is 4. The van der Waals surface area contributed by atoms with Crippen LogP contribution in [-0.4, -0.2) is 25.0 Å². The van der Waals surface area contributed by atoms with Crippen LogP contribution in [0.4, 0.5) is 0 Å². The van der Waals surface area contributed by atoms with Crippen LogP contribution in [0.2, 0.25) is 0 Å². The van der Waals surface area contributed by atoms with Gasteiger partial charge in [-0.05, 0) is 29.2 Å². The molecule has 0 aliphatic carbocycles. The number of aromatic amines is 2. The Morgan fingerprint density at radius 1 is 1.04 bits per heavy atom. The van der Waals surface area contributed by atoms with Gasteiger partial charge in [0, 0.05) is 18.3 Å². The first kappa shape index (κ1) is 14.8. The van der Waals surface area contributed by atoms with Gasteiger partial charge < -0.3 is 4.98 Å². The number of hydrogen-bond acceptors (Lipinski definition) is 3. The molecule has 0 saturated heterocycles. The summed E-state index contributed by atoms with van der Waals surface area (Å²) in [5, 5.41) is 4.51. The molecule has 4 rings (SSSR count). The van der Waals surface area contributed by atoms with E-state index in [0.29, 0.717) is 11.8 Å². The summed E-state index contributed by atoms with van der Waals surface area (Å²) >= 11 is 0. The van der Waals surface area contributed by atoms with Gasteiger partial charge in [0.15, 0.2) is 17.8 Å². The maximum absolute atomic E-state index is 4.54. The van der Waals surface area contributed by atoms with Crippen LogP contribution in [0.1, 0.15) is 43.7 Å². The number of hydrogen-bond donors (Lipinski definition) is 2. The Hall–Kier alpha value is -2.76.